The van der Waals surface area contributed by atoms with E-state index in [1.54, 1.807) is 0 Å². The first kappa shape index (κ1) is 37.5. The predicted molar refractivity (Wildman–Crippen MR) is 42.5 cm³/mol. The summed E-state index contributed by atoms with van der Waals surface area (Å²) in [6.45, 7) is 0. The Morgan fingerprint density at radius 1 is 0.444 bits per heavy atom. The molecular weight excluding hydrogens is 725 g/mol. The molecule has 0 unspecified atom stereocenters. The van der Waals surface area contributed by atoms with Crippen LogP contribution in [0.4, 0.5) is 0 Å². The van der Waals surface area contributed by atoms with Crippen molar-refractivity contribution in [1.82, 2.24) is 0 Å². The SMILES string of the molecule is O=S(=O)(O)O.O=S(=O)(O)O.O=S(=O)(O)O.[La].[La].[Tb]. The predicted octanol–water partition coefficient (Wildman–Crippen LogP) is -1.96. The maximum absolute atomic E-state index is 8.74. The summed E-state index contributed by atoms with van der Waals surface area (Å²) < 4.78 is 94.8. The molecule has 3 radical (unpaired) electrons. The van der Waals surface area contributed by atoms with Gasteiger partial charge in [-0.05, 0) is 0 Å². The molecule has 0 bridgehead atoms. The minimum atomic E-state index is -4.67. The van der Waals surface area contributed by atoms with Gasteiger partial charge in [-0.2, -0.15) is 25.3 Å². The molecule has 0 aromatic heterocycles. The van der Waals surface area contributed by atoms with Crippen LogP contribution in [0.5, 0.6) is 0 Å². The van der Waals surface area contributed by atoms with Crippen molar-refractivity contribution in [2.45, 2.75) is 0 Å². The monoisotopic (exact) mass is 731 g/mol. The van der Waals surface area contributed by atoms with Crippen molar-refractivity contribution in [3.05, 3.63) is 0 Å². The van der Waals surface area contributed by atoms with Crippen LogP contribution in [0.1, 0.15) is 0 Å². The van der Waals surface area contributed by atoms with Crippen LogP contribution in [0.25, 0.3) is 0 Å². The topological polar surface area (TPSA) is 224 Å². The van der Waals surface area contributed by atoms with Crippen molar-refractivity contribution in [2.24, 2.45) is 0 Å². The van der Waals surface area contributed by atoms with E-state index in [0.29, 0.717) is 0 Å². The molecule has 111 valence electrons. The summed E-state index contributed by atoms with van der Waals surface area (Å²) in [5.74, 6) is 0. The third-order valence-electron chi connectivity index (χ3n) is 0. The summed E-state index contributed by atoms with van der Waals surface area (Å²) in [5, 5.41) is 0. The minimum Gasteiger partial charge on any atom is -0.264 e. The average Bonchev–Trinajstić information content (AvgIpc) is 1.41. The number of rotatable bonds is 0. The van der Waals surface area contributed by atoms with Gasteiger partial charge in [-0.1, -0.05) is 0 Å². The summed E-state index contributed by atoms with van der Waals surface area (Å²) in [4.78, 5) is 0. The van der Waals surface area contributed by atoms with Crippen LogP contribution in [-0.2, 0) is 31.2 Å². The first-order valence-corrected chi connectivity index (χ1v) is 6.29. The molecule has 12 nitrogen and oxygen atoms in total. The van der Waals surface area contributed by atoms with Crippen molar-refractivity contribution in [3.63, 3.8) is 0 Å². The number of hydrogen-bond acceptors (Lipinski definition) is 6. The Bertz CT molecular complexity index is 346. The minimum absolute atomic E-state index is 0. The fourth-order valence-corrected chi connectivity index (χ4v) is 0. The maximum atomic E-state index is 8.74. The van der Waals surface area contributed by atoms with E-state index < -0.39 is 31.2 Å². The van der Waals surface area contributed by atoms with Gasteiger partial charge in [-0.15, -0.1) is 0 Å². The fourth-order valence-electron chi connectivity index (χ4n) is 0. The van der Waals surface area contributed by atoms with Crippen LogP contribution in [-0.4, -0.2) is 52.6 Å². The van der Waals surface area contributed by atoms with E-state index >= 15 is 0 Å². The van der Waals surface area contributed by atoms with Gasteiger partial charge in [-0.3, -0.25) is 27.3 Å². The van der Waals surface area contributed by atoms with E-state index in [2.05, 4.69) is 0 Å². The van der Waals surface area contributed by atoms with Gasteiger partial charge in [0, 0.05) is 110 Å². The Morgan fingerprint density at radius 2 is 0.444 bits per heavy atom. The van der Waals surface area contributed by atoms with Gasteiger partial charge in [0.25, 0.3) is 0 Å². The van der Waals surface area contributed by atoms with Crippen molar-refractivity contribution in [1.29, 1.82) is 0 Å². The molecule has 0 aliphatic rings. The van der Waals surface area contributed by atoms with Gasteiger partial charge in [0.1, 0.15) is 0 Å². The van der Waals surface area contributed by atoms with Crippen molar-refractivity contribution >= 4 is 31.2 Å². The molecule has 0 atom stereocenters. The van der Waals surface area contributed by atoms with E-state index in [9.17, 15) is 0 Å². The van der Waals surface area contributed by atoms with E-state index in [0.717, 1.165) is 0 Å². The van der Waals surface area contributed by atoms with Crippen LogP contribution in [0.2, 0.25) is 0 Å². The fraction of sp³-hybridized carbons (Fsp3) is 0. The maximum Gasteiger partial charge on any atom is 0.394 e. The van der Waals surface area contributed by atoms with Crippen molar-refractivity contribution in [2.75, 3.05) is 0 Å². The molecule has 0 saturated heterocycles. The molecule has 0 saturated carbocycles. The second kappa shape index (κ2) is 16.7. The Labute approximate surface area is 189 Å². The molecule has 0 aliphatic heterocycles. The molecule has 0 amide bonds. The first-order valence-electron chi connectivity index (χ1n) is 2.10. The van der Waals surface area contributed by atoms with Gasteiger partial charge in [0.15, 0.2) is 0 Å². The van der Waals surface area contributed by atoms with Crippen LogP contribution < -0.4 is 0 Å². The molecule has 0 heterocycles. The molecule has 0 aromatic carbocycles. The molecular formula is H6La2O12S3Tb. The van der Waals surface area contributed by atoms with E-state index in [1.165, 1.54) is 0 Å². The molecule has 18 heavy (non-hydrogen) atoms. The van der Waals surface area contributed by atoms with E-state index in [4.69, 9.17) is 52.6 Å². The standard InChI is InChI=1S/2La.3H2O4S.Tb/c;;3*1-5(2,3)4;/h;;3*(H2,1,2,3,4);. The molecule has 0 aliphatic carbocycles. The number of hydrogen-bond donors (Lipinski definition) is 6. The van der Waals surface area contributed by atoms with Crippen LogP contribution >= 0.6 is 0 Å². The zero-order chi connectivity index (χ0) is 13.5. The summed E-state index contributed by atoms with van der Waals surface area (Å²) in [6.07, 6.45) is 0. The normalized spacial score (nSPS) is 9.67. The second-order valence-electron chi connectivity index (χ2n) is 1.34. The third-order valence-corrected chi connectivity index (χ3v) is 0. The van der Waals surface area contributed by atoms with Crippen molar-refractivity contribution in [3.8, 4) is 0 Å². The van der Waals surface area contributed by atoms with Gasteiger partial charge in [-0.25, -0.2) is 0 Å². The Hall–Kier alpha value is 3.29. The van der Waals surface area contributed by atoms with Crippen molar-refractivity contribution < 1.29 is 162 Å². The van der Waals surface area contributed by atoms with Gasteiger partial charge in [0.05, 0.1) is 0 Å². The molecule has 0 aromatic rings. The smallest absolute Gasteiger partial charge is 0.264 e. The Balaban J connectivity index is -0.0000000277. The third kappa shape index (κ3) is 597. The van der Waals surface area contributed by atoms with E-state index in [-0.39, 0.29) is 110 Å². The molecule has 6 N–H and O–H groups in total. The summed E-state index contributed by atoms with van der Waals surface area (Å²) in [6, 6.07) is 0. The Kier molecular flexibility index (Phi) is 34.7. The van der Waals surface area contributed by atoms with Gasteiger partial charge >= 0.3 is 31.2 Å². The molecule has 18 heteroatoms. The largest absolute Gasteiger partial charge is 0.394 e. The van der Waals surface area contributed by atoms with Gasteiger partial charge < -0.3 is 0 Å². The first-order chi connectivity index (χ1) is 6.00. The van der Waals surface area contributed by atoms with Crippen LogP contribution in [0, 0.1) is 110 Å². The summed E-state index contributed by atoms with van der Waals surface area (Å²) in [7, 11) is -14.0. The summed E-state index contributed by atoms with van der Waals surface area (Å²) >= 11 is 0. The molecule has 0 fully saturated rings. The Morgan fingerprint density at radius 3 is 0.444 bits per heavy atom. The molecule has 0 rings (SSSR count). The van der Waals surface area contributed by atoms with Crippen LogP contribution in [0.15, 0.2) is 0 Å². The van der Waals surface area contributed by atoms with Crippen LogP contribution in [0.3, 0.4) is 0 Å². The van der Waals surface area contributed by atoms with Gasteiger partial charge in [0.2, 0.25) is 0 Å². The average molecular weight is 731 g/mol. The quantitative estimate of drug-likeness (QED) is 0.150. The second-order valence-corrected chi connectivity index (χ2v) is 4.03. The zero-order valence-corrected chi connectivity index (χ0v) is 19.7. The molecule has 0 spiro atoms. The summed E-state index contributed by atoms with van der Waals surface area (Å²) in [5.41, 5.74) is 0. The zero-order valence-electron chi connectivity index (χ0n) is 7.85. The van der Waals surface area contributed by atoms with E-state index in [1.807, 2.05) is 0 Å².